The molecule has 4 rings (SSSR count). The van der Waals surface area contributed by atoms with E-state index in [2.05, 4.69) is 42.3 Å². The number of nitrogens with one attached hydrogen (secondary N) is 2. The second-order valence-electron chi connectivity index (χ2n) is 6.92. The van der Waals surface area contributed by atoms with Gasteiger partial charge in [-0.15, -0.1) is 0 Å². The van der Waals surface area contributed by atoms with Crippen molar-refractivity contribution in [3.8, 4) is 11.4 Å². The molecule has 0 aliphatic carbocycles. The number of halogens is 2. The predicted molar refractivity (Wildman–Crippen MR) is 106 cm³/mol. The molecule has 0 spiro atoms. The minimum absolute atomic E-state index is 0. The monoisotopic (exact) mass is 387 g/mol. The van der Waals surface area contributed by atoms with Crippen molar-refractivity contribution < 1.29 is 10.2 Å². The van der Waals surface area contributed by atoms with Gasteiger partial charge in [-0.25, -0.2) is 18.7 Å². The Morgan fingerprint density at radius 1 is 1.00 bits per heavy atom. The molecule has 0 radical (unpaired) electrons. The van der Waals surface area contributed by atoms with Crippen LogP contribution in [0.3, 0.4) is 0 Å². The number of benzene rings is 1. The molecular formula is C19H23F2N7. The van der Waals surface area contributed by atoms with Crippen LogP contribution in [0.5, 0.6) is 0 Å². The van der Waals surface area contributed by atoms with Gasteiger partial charge < -0.3 is 15.1 Å². The van der Waals surface area contributed by atoms with Crippen molar-refractivity contribution in [2.45, 2.75) is 6.92 Å². The van der Waals surface area contributed by atoms with E-state index in [0.29, 0.717) is 23.0 Å². The number of H-pyrrole nitrogens is 1. The maximum Gasteiger partial charge on any atom is 0.163 e. The van der Waals surface area contributed by atoms with E-state index in [1.807, 2.05) is 19.1 Å². The van der Waals surface area contributed by atoms with Crippen LogP contribution >= 0.6 is 0 Å². The fourth-order valence-corrected chi connectivity index (χ4v) is 3.07. The van der Waals surface area contributed by atoms with E-state index < -0.39 is 11.6 Å². The Balaban J connectivity index is 0.00000240. The molecule has 7 nitrogen and oxygen atoms in total. The van der Waals surface area contributed by atoms with Crippen molar-refractivity contribution in [2.24, 2.45) is 0 Å². The highest BCUT2D eigenvalue weighted by Gasteiger charge is 2.18. The van der Waals surface area contributed by atoms with E-state index >= 15 is 0 Å². The van der Waals surface area contributed by atoms with Crippen LogP contribution in [0, 0.1) is 18.6 Å². The maximum atomic E-state index is 13.7. The average molecular weight is 387 g/mol. The Morgan fingerprint density at radius 3 is 2.46 bits per heavy atom. The molecule has 0 saturated carbocycles. The number of hydrogen-bond donors (Lipinski definition) is 2. The molecule has 0 bridgehead atoms. The first-order valence-corrected chi connectivity index (χ1v) is 9.05. The summed E-state index contributed by atoms with van der Waals surface area (Å²) >= 11 is 0. The summed E-state index contributed by atoms with van der Waals surface area (Å²) in [5.74, 6) is 0.391. The summed E-state index contributed by atoms with van der Waals surface area (Å²) in [5.41, 5.74) is 1.33. The molecule has 9 heteroatoms. The number of nitrogens with zero attached hydrogens (tertiary/aromatic N) is 5. The summed E-state index contributed by atoms with van der Waals surface area (Å²) in [7, 11) is 2.08. The molecule has 28 heavy (non-hydrogen) atoms. The van der Waals surface area contributed by atoms with Gasteiger partial charge in [-0.2, -0.15) is 5.10 Å². The minimum Gasteiger partial charge on any atom is -0.354 e. The SMILES string of the molecule is Cc1cc(Nc2cc(N3CCN(C)CC3)nc(-c3ccc(F)c(F)c3)n2)n[nH]1.[HH]. The smallest absolute Gasteiger partial charge is 0.163 e. The predicted octanol–water partition coefficient (Wildman–Crippen LogP) is 3.19. The Morgan fingerprint density at radius 2 is 1.79 bits per heavy atom. The lowest BCUT2D eigenvalue weighted by Gasteiger charge is -2.33. The molecular weight excluding hydrogens is 364 g/mol. The van der Waals surface area contributed by atoms with Crippen molar-refractivity contribution in [1.82, 2.24) is 25.1 Å². The number of aromatic amines is 1. The normalized spacial score (nSPS) is 15.1. The molecule has 0 unspecified atom stereocenters. The number of likely N-dealkylation sites (N-methyl/N-ethyl adjacent to an activating group) is 1. The van der Waals surface area contributed by atoms with E-state index in [1.54, 1.807) is 0 Å². The molecule has 0 amide bonds. The van der Waals surface area contributed by atoms with Crippen LogP contribution in [0.2, 0.25) is 0 Å². The van der Waals surface area contributed by atoms with Gasteiger partial charge in [-0.3, -0.25) is 5.10 Å². The van der Waals surface area contributed by atoms with Crippen LogP contribution in [0.1, 0.15) is 7.12 Å². The summed E-state index contributed by atoms with van der Waals surface area (Å²) in [6.07, 6.45) is 0. The Hall–Kier alpha value is -3.07. The number of piperazine rings is 1. The van der Waals surface area contributed by atoms with Crippen LogP contribution in [-0.4, -0.2) is 58.3 Å². The van der Waals surface area contributed by atoms with Crippen molar-refractivity contribution in [2.75, 3.05) is 43.4 Å². The zero-order valence-corrected chi connectivity index (χ0v) is 15.7. The van der Waals surface area contributed by atoms with Crippen molar-refractivity contribution in [3.63, 3.8) is 0 Å². The summed E-state index contributed by atoms with van der Waals surface area (Å²) in [4.78, 5) is 13.5. The highest BCUT2D eigenvalue weighted by Crippen LogP contribution is 2.26. The van der Waals surface area contributed by atoms with Gasteiger partial charge in [0.1, 0.15) is 11.6 Å². The van der Waals surface area contributed by atoms with Gasteiger partial charge in [0.2, 0.25) is 0 Å². The topological polar surface area (TPSA) is 73.0 Å². The molecule has 3 aromatic rings. The van der Waals surface area contributed by atoms with Crippen molar-refractivity contribution >= 4 is 17.5 Å². The zero-order chi connectivity index (χ0) is 19.7. The van der Waals surface area contributed by atoms with Gasteiger partial charge in [-0.1, -0.05) is 0 Å². The third-order valence-electron chi connectivity index (χ3n) is 4.68. The lowest BCUT2D eigenvalue weighted by atomic mass is 10.2. The van der Waals surface area contributed by atoms with Crippen molar-refractivity contribution in [3.05, 3.63) is 47.7 Å². The van der Waals surface area contributed by atoms with Gasteiger partial charge >= 0.3 is 0 Å². The molecule has 1 fully saturated rings. The van der Waals surface area contributed by atoms with E-state index in [1.165, 1.54) is 6.07 Å². The average Bonchev–Trinajstić information content (AvgIpc) is 3.09. The van der Waals surface area contributed by atoms with E-state index in [-0.39, 0.29) is 1.43 Å². The number of hydrogen-bond acceptors (Lipinski definition) is 6. The highest BCUT2D eigenvalue weighted by atomic mass is 19.2. The molecule has 2 aromatic heterocycles. The maximum absolute atomic E-state index is 13.7. The van der Waals surface area contributed by atoms with Crippen LogP contribution in [0.4, 0.5) is 26.2 Å². The van der Waals surface area contributed by atoms with E-state index in [0.717, 1.165) is 49.8 Å². The molecule has 1 saturated heterocycles. The van der Waals surface area contributed by atoms with Gasteiger partial charge in [0, 0.05) is 51.0 Å². The van der Waals surface area contributed by atoms with Gasteiger partial charge in [0.15, 0.2) is 23.3 Å². The summed E-state index contributed by atoms with van der Waals surface area (Å²) in [6, 6.07) is 7.37. The van der Waals surface area contributed by atoms with Gasteiger partial charge in [0.05, 0.1) is 0 Å². The van der Waals surface area contributed by atoms with E-state index in [4.69, 9.17) is 0 Å². The molecule has 0 atom stereocenters. The lowest BCUT2D eigenvalue weighted by Crippen LogP contribution is -2.44. The van der Waals surface area contributed by atoms with Crippen LogP contribution < -0.4 is 10.2 Å². The molecule has 1 aliphatic rings. The third-order valence-corrected chi connectivity index (χ3v) is 4.68. The van der Waals surface area contributed by atoms with Gasteiger partial charge in [0.25, 0.3) is 0 Å². The molecule has 1 aliphatic heterocycles. The number of aromatic nitrogens is 4. The minimum atomic E-state index is -0.927. The first-order valence-electron chi connectivity index (χ1n) is 9.05. The Kier molecular flexibility index (Phi) is 4.91. The highest BCUT2D eigenvalue weighted by molar-refractivity contribution is 5.64. The first kappa shape index (κ1) is 18.3. The molecule has 3 heterocycles. The fraction of sp³-hybridized carbons (Fsp3) is 0.316. The number of rotatable bonds is 4. The summed E-state index contributed by atoms with van der Waals surface area (Å²) in [6.45, 7) is 5.40. The molecule has 148 valence electrons. The van der Waals surface area contributed by atoms with Crippen LogP contribution in [0.15, 0.2) is 30.3 Å². The Labute approximate surface area is 162 Å². The first-order chi connectivity index (χ1) is 13.5. The standard InChI is InChI=1S/C19H21F2N7.H2/c1-12-9-17(26-25-12)22-16-11-18(28-7-5-27(2)6-8-28)24-19(23-16)13-3-4-14(20)15(21)10-13;/h3-4,9-11H,5-8H2,1-2H3,(H2,22,23,24,25,26);1H. The van der Waals surface area contributed by atoms with Crippen LogP contribution in [-0.2, 0) is 0 Å². The molecule has 1 aromatic carbocycles. The third kappa shape index (κ3) is 3.94. The van der Waals surface area contributed by atoms with Gasteiger partial charge in [-0.05, 0) is 32.2 Å². The quantitative estimate of drug-likeness (QED) is 0.716. The number of anilines is 3. The van der Waals surface area contributed by atoms with Crippen molar-refractivity contribution in [1.29, 1.82) is 0 Å². The fourth-order valence-electron chi connectivity index (χ4n) is 3.07. The zero-order valence-electron chi connectivity index (χ0n) is 15.7. The van der Waals surface area contributed by atoms with E-state index in [9.17, 15) is 8.78 Å². The largest absolute Gasteiger partial charge is 0.354 e. The summed E-state index contributed by atoms with van der Waals surface area (Å²) < 4.78 is 27.1. The second-order valence-corrected chi connectivity index (χ2v) is 6.92. The van der Waals surface area contributed by atoms with Crippen LogP contribution in [0.25, 0.3) is 11.4 Å². The number of aryl methyl sites for hydroxylation is 1. The summed E-state index contributed by atoms with van der Waals surface area (Å²) in [5, 5.41) is 10.2. The second kappa shape index (κ2) is 7.51. The lowest BCUT2D eigenvalue weighted by molar-refractivity contribution is 0.312. The Bertz CT molecular complexity index is 986. The molecule has 2 N–H and O–H groups in total.